The monoisotopic (exact) mass is 875 g/mol. The highest BCUT2D eigenvalue weighted by atomic mass is 15.1. The number of nitrogens with zero attached hydrogens (tertiary/aromatic N) is 1. The lowest BCUT2D eigenvalue weighted by Crippen LogP contribution is -2.28. The molecule has 3 aliphatic carbocycles. The fourth-order valence-corrected chi connectivity index (χ4v) is 12.7. The Balaban J connectivity index is 1.04. The molecule has 0 atom stereocenters. The first-order valence-electron chi connectivity index (χ1n) is 24.1. The summed E-state index contributed by atoms with van der Waals surface area (Å²) >= 11 is 0. The molecule has 69 heavy (non-hydrogen) atoms. The van der Waals surface area contributed by atoms with Crippen LogP contribution in [0.1, 0.15) is 44.5 Å². The van der Waals surface area contributed by atoms with Crippen LogP contribution in [0.4, 0.5) is 17.1 Å². The van der Waals surface area contributed by atoms with E-state index in [0.29, 0.717) is 0 Å². The Hall–Kier alpha value is -8.78. The lowest BCUT2D eigenvalue weighted by molar-refractivity contribution is 0.768. The zero-order valence-corrected chi connectivity index (χ0v) is 37.9. The Kier molecular flexibility index (Phi) is 8.78. The molecule has 11 aromatic carbocycles. The predicted molar refractivity (Wildman–Crippen MR) is 286 cm³/mol. The molecule has 1 spiro atoms. The fourth-order valence-electron chi connectivity index (χ4n) is 12.7. The summed E-state index contributed by atoms with van der Waals surface area (Å²) < 4.78 is 0. The summed E-state index contributed by atoms with van der Waals surface area (Å²) in [6.45, 7) is 0. The van der Waals surface area contributed by atoms with Crippen molar-refractivity contribution >= 4 is 17.1 Å². The average molecular weight is 876 g/mol. The second-order valence-electron chi connectivity index (χ2n) is 18.6. The van der Waals surface area contributed by atoms with Gasteiger partial charge >= 0.3 is 0 Å². The largest absolute Gasteiger partial charge is 0.310 e. The van der Waals surface area contributed by atoms with E-state index in [-0.39, 0.29) is 0 Å². The van der Waals surface area contributed by atoms with Crippen molar-refractivity contribution in [2.45, 2.75) is 10.8 Å². The van der Waals surface area contributed by atoms with Gasteiger partial charge in [-0.25, -0.2) is 0 Å². The SMILES string of the molecule is c1ccc(-c2ccc(N(c3ccc4c(c3)C(c3ccccc3)(c3ccccc3)c3ccccc3-4)c3ccccc3-c3cccc4c3C3(c5ccccc5-c5ccccc53)c3ccccc3-4)cc2)cc1. The van der Waals surface area contributed by atoms with Gasteiger partial charge in [-0.15, -0.1) is 0 Å². The molecule has 0 radical (unpaired) electrons. The summed E-state index contributed by atoms with van der Waals surface area (Å²) in [5.74, 6) is 0. The molecule has 0 N–H and O–H groups in total. The molecule has 0 unspecified atom stereocenters. The number of benzene rings is 11. The first-order valence-corrected chi connectivity index (χ1v) is 24.1. The minimum Gasteiger partial charge on any atom is -0.310 e. The van der Waals surface area contributed by atoms with Crippen LogP contribution in [0.25, 0.3) is 55.6 Å². The van der Waals surface area contributed by atoms with Gasteiger partial charge in [0.2, 0.25) is 0 Å². The lowest BCUT2D eigenvalue weighted by atomic mass is 9.67. The van der Waals surface area contributed by atoms with E-state index in [9.17, 15) is 0 Å². The van der Waals surface area contributed by atoms with E-state index in [1.165, 1.54) is 100 Å². The fraction of sp³-hybridized carbons (Fsp3) is 0.0294. The number of para-hydroxylation sites is 1. The zero-order valence-electron chi connectivity index (χ0n) is 37.9. The second-order valence-corrected chi connectivity index (χ2v) is 18.6. The van der Waals surface area contributed by atoms with Crippen molar-refractivity contribution in [3.05, 3.63) is 317 Å². The first-order chi connectivity index (χ1) is 34.3. The quantitative estimate of drug-likeness (QED) is 0.154. The molecule has 322 valence electrons. The third kappa shape index (κ3) is 5.53. The lowest BCUT2D eigenvalue weighted by Gasteiger charge is -2.35. The topological polar surface area (TPSA) is 3.24 Å². The van der Waals surface area contributed by atoms with Crippen molar-refractivity contribution in [2.24, 2.45) is 0 Å². The molecule has 0 saturated heterocycles. The molecule has 1 nitrogen and oxygen atoms in total. The van der Waals surface area contributed by atoms with E-state index in [4.69, 9.17) is 0 Å². The molecular formula is C68H45N. The van der Waals surface area contributed by atoms with Crippen molar-refractivity contribution in [2.75, 3.05) is 4.90 Å². The van der Waals surface area contributed by atoms with Crippen LogP contribution in [0.15, 0.2) is 273 Å². The Morgan fingerprint density at radius 1 is 0.232 bits per heavy atom. The van der Waals surface area contributed by atoms with Gasteiger partial charge in [-0.2, -0.15) is 0 Å². The molecule has 0 aliphatic heterocycles. The van der Waals surface area contributed by atoms with Crippen LogP contribution >= 0.6 is 0 Å². The van der Waals surface area contributed by atoms with Crippen LogP contribution < -0.4 is 4.90 Å². The molecule has 0 heterocycles. The van der Waals surface area contributed by atoms with Crippen LogP contribution in [-0.2, 0) is 10.8 Å². The van der Waals surface area contributed by atoms with E-state index in [1.54, 1.807) is 0 Å². The molecule has 11 aromatic rings. The molecule has 0 saturated carbocycles. The highest BCUT2D eigenvalue weighted by Crippen LogP contribution is 2.65. The summed E-state index contributed by atoms with van der Waals surface area (Å²) in [5.41, 5.74) is 25.2. The molecule has 1 heteroatoms. The Morgan fingerprint density at radius 3 is 1.16 bits per heavy atom. The highest BCUT2D eigenvalue weighted by Gasteiger charge is 2.53. The van der Waals surface area contributed by atoms with Gasteiger partial charge in [0, 0.05) is 16.9 Å². The van der Waals surface area contributed by atoms with Crippen LogP contribution in [0.3, 0.4) is 0 Å². The maximum atomic E-state index is 2.51. The number of rotatable bonds is 7. The number of fused-ring (bicyclic) bond motifs is 13. The van der Waals surface area contributed by atoms with Crippen LogP contribution in [0, 0.1) is 0 Å². The summed E-state index contributed by atoms with van der Waals surface area (Å²) in [5, 5.41) is 0. The molecule has 3 aliphatic rings. The zero-order chi connectivity index (χ0) is 45.5. The van der Waals surface area contributed by atoms with Crippen molar-refractivity contribution in [3.63, 3.8) is 0 Å². The standard InChI is InChI=1S/C68H45N/c1-4-21-46(22-5-1)47-39-41-50(42-40-47)69(51-43-44-56-54-29-10-15-34-60(54)67(64(56)45-51,48-23-6-2-7-24-48)49-25-8-3-9-26-49)65-38-19-14-31-57(65)59-33-20-32-58-55-30-13-18-37-63(55)68(66(58)59)61-35-16-11-27-52(61)53-28-12-17-36-62(53)68/h1-45H. The van der Waals surface area contributed by atoms with Gasteiger partial charge in [-0.3, -0.25) is 0 Å². The molecule has 0 amide bonds. The maximum absolute atomic E-state index is 2.51. The Morgan fingerprint density at radius 2 is 0.609 bits per heavy atom. The summed E-state index contributed by atoms with van der Waals surface area (Å²) in [4.78, 5) is 2.51. The smallest absolute Gasteiger partial charge is 0.0731 e. The van der Waals surface area contributed by atoms with Gasteiger partial charge in [-0.05, 0) is 125 Å². The van der Waals surface area contributed by atoms with Gasteiger partial charge in [-0.1, -0.05) is 243 Å². The second kappa shape index (κ2) is 15.4. The Labute approximate surface area is 403 Å². The summed E-state index contributed by atoms with van der Waals surface area (Å²) in [6.07, 6.45) is 0. The molecule has 14 rings (SSSR count). The van der Waals surface area contributed by atoms with Gasteiger partial charge in [0.25, 0.3) is 0 Å². The van der Waals surface area contributed by atoms with Crippen LogP contribution in [0.2, 0.25) is 0 Å². The van der Waals surface area contributed by atoms with Crippen molar-refractivity contribution < 1.29 is 0 Å². The summed E-state index contributed by atoms with van der Waals surface area (Å²) in [6, 6.07) is 102. The van der Waals surface area contributed by atoms with E-state index in [1.807, 2.05) is 0 Å². The van der Waals surface area contributed by atoms with Gasteiger partial charge < -0.3 is 4.90 Å². The van der Waals surface area contributed by atoms with E-state index < -0.39 is 10.8 Å². The van der Waals surface area contributed by atoms with Gasteiger partial charge in [0.05, 0.1) is 16.5 Å². The highest BCUT2D eigenvalue weighted by molar-refractivity contribution is 6.01. The van der Waals surface area contributed by atoms with Crippen molar-refractivity contribution in [3.8, 4) is 55.6 Å². The average Bonchev–Trinajstić information content (AvgIpc) is 4.02. The third-order valence-electron chi connectivity index (χ3n) is 15.4. The van der Waals surface area contributed by atoms with E-state index in [0.717, 1.165) is 17.1 Å². The first kappa shape index (κ1) is 39.4. The van der Waals surface area contributed by atoms with E-state index in [2.05, 4.69) is 278 Å². The third-order valence-corrected chi connectivity index (χ3v) is 15.4. The Bertz CT molecular complexity index is 3670. The molecule has 0 aromatic heterocycles. The van der Waals surface area contributed by atoms with Crippen molar-refractivity contribution in [1.82, 2.24) is 0 Å². The molecule has 0 bridgehead atoms. The van der Waals surface area contributed by atoms with Crippen molar-refractivity contribution in [1.29, 1.82) is 0 Å². The van der Waals surface area contributed by atoms with Gasteiger partial charge in [0.15, 0.2) is 0 Å². The number of anilines is 3. The summed E-state index contributed by atoms with van der Waals surface area (Å²) in [7, 11) is 0. The number of hydrogen-bond acceptors (Lipinski definition) is 1. The van der Waals surface area contributed by atoms with Gasteiger partial charge in [0.1, 0.15) is 0 Å². The predicted octanol–water partition coefficient (Wildman–Crippen LogP) is 17.2. The minimum atomic E-state index is -0.547. The minimum absolute atomic E-state index is 0.505. The van der Waals surface area contributed by atoms with E-state index >= 15 is 0 Å². The number of hydrogen-bond donors (Lipinski definition) is 0. The van der Waals surface area contributed by atoms with Crippen LogP contribution in [-0.4, -0.2) is 0 Å². The molecular weight excluding hydrogens is 831 g/mol. The molecule has 0 fully saturated rings. The normalized spacial score (nSPS) is 13.7. The van der Waals surface area contributed by atoms with Crippen LogP contribution in [0.5, 0.6) is 0 Å². The maximum Gasteiger partial charge on any atom is 0.0731 e.